The summed E-state index contributed by atoms with van der Waals surface area (Å²) in [6.45, 7) is 4.41. The number of benzene rings is 2. The van der Waals surface area contributed by atoms with Crippen LogP contribution in [0.2, 0.25) is 0 Å². The van der Waals surface area contributed by atoms with Gasteiger partial charge in [0.15, 0.2) is 11.6 Å². The molecule has 0 aliphatic heterocycles. The zero-order valence-corrected chi connectivity index (χ0v) is 25.1. The van der Waals surface area contributed by atoms with Crippen LogP contribution in [0.1, 0.15) is 126 Å². The van der Waals surface area contributed by atoms with Crippen molar-refractivity contribution in [2.45, 2.75) is 122 Å². The average Bonchev–Trinajstić information content (AvgIpc) is 2.99. The highest BCUT2D eigenvalue weighted by molar-refractivity contribution is 5.31. The van der Waals surface area contributed by atoms with Gasteiger partial charge in [0.05, 0.1) is 6.61 Å². The van der Waals surface area contributed by atoms with E-state index >= 15 is 0 Å². The Morgan fingerprint density at radius 3 is 2.08 bits per heavy atom. The topological polar surface area (TPSA) is 9.23 Å². The standard InChI is InChI=1S/C37H52F2O/c1-3-5-6-7-26-8-13-28(14-9-26)31-18-20-34-25-32(19-21-33(34)24-31)29-15-10-27(11-16-29)12-17-30-22-23-35(40-4-2)37(39)36(30)38/h8-9,13-14,22-23,27,29,31-34H,3-7,10-12,15-21,24-25H2,1-2H3. The van der Waals surface area contributed by atoms with Crippen LogP contribution in [0.25, 0.3) is 0 Å². The summed E-state index contributed by atoms with van der Waals surface area (Å²) in [4.78, 5) is 0. The Kier molecular flexibility index (Phi) is 10.6. The van der Waals surface area contributed by atoms with Crippen LogP contribution < -0.4 is 4.74 Å². The number of unbranched alkanes of at least 4 members (excludes halogenated alkanes) is 2. The fourth-order valence-corrected chi connectivity index (χ4v) is 8.53. The normalized spacial score (nSPS) is 28.7. The van der Waals surface area contributed by atoms with Gasteiger partial charge in [0, 0.05) is 0 Å². The third kappa shape index (κ3) is 7.29. The first kappa shape index (κ1) is 29.6. The molecule has 0 N–H and O–H groups in total. The molecule has 3 fully saturated rings. The van der Waals surface area contributed by atoms with Crippen LogP contribution in [-0.4, -0.2) is 6.61 Å². The minimum atomic E-state index is -0.830. The molecule has 0 amide bonds. The summed E-state index contributed by atoms with van der Waals surface area (Å²) in [5, 5.41) is 0. The third-order valence-electron chi connectivity index (χ3n) is 11.0. The quantitative estimate of drug-likeness (QED) is 0.253. The van der Waals surface area contributed by atoms with E-state index in [1.54, 1.807) is 24.6 Å². The van der Waals surface area contributed by atoms with Crippen molar-refractivity contribution in [1.82, 2.24) is 0 Å². The summed E-state index contributed by atoms with van der Waals surface area (Å²) in [6, 6.07) is 13.0. The molecule has 1 nitrogen and oxygen atoms in total. The Balaban J connectivity index is 1.04. The van der Waals surface area contributed by atoms with Gasteiger partial charge in [-0.05, 0) is 142 Å². The van der Waals surface area contributed by atoms with E-state index in [1.165, 1.54) is 95.5 Å². The van der Waals surface area contributed by atoms with Crippen LogP contribution >= 0.6 is 0 Å². The molecule has 3 aliphatic carbocycles. The Morgan fingerprint density at radius 1 is 0.675 bits per heavy atom. The van der Waals surface area contributed by atoms with E-state index in [0.29, 0.717) is 24.5 Å². The van der Waals surface area contributed by atoms with Crippen molar-refractivity contribution in [2.75, 3.05) is 6.61 Å². The Hall–Kier alpha value is -1.90. The summed E-state index contributed by atoms with van der Waals surface area (Å²) >= 11 is 0. The van der Waals surface area contributed by atoms with Crippen LogP contribution in [0.15, 0.2) is 36.4 Å². The first-order valence-electron chi connectivity index (χ1n) is 16.7. The Labute approximate surface area is 242 Å². The third-order valence-corrected chi connectivity index (χ3v) is 11.0. The van der Waals surface area contributed by atoms with Crippen molar-refractivity contribution < 1.29 is 13.5 Å². The van der Waals surface area contributed by atoms with Crippen LogP contribution in [0, 0.1) is 41.2 Å². The molecular formula is C37H52F2O. The predicted molar refractivity (Wildman–Crippen MR) is 162 cm³/mol. The minimum Gasteiger partial charge on any atom is -0.491 e. The summed E-state index contributed by atoms with van der Waals surface area (Å²) in [7, 11) is 0. The van der Waals surface area contributed by atoms with Gasteiger partial charge in [0.1, 0.15) is 0 Å². The highest BCUT2D eigenvalue weighted by atomic mass is 19.2. The molecule has 4 atom stereocenters. The van der Waals surface area contributed by atoms with E-state index in [2.05, 4.69) is 31.2 Å². The van der Waals surface area contributed by atoms with Crippen LogP contribution in [0.4, 0.5) is 8.78 Å². The van der Waals surface area contributed by atoms with Gasteiger partial charge in [0.25, 0.3) is 0 Å². The lowest BCUT2D eigenvalue weighted by molar-refractivity contribution is 0.0712. The largest absolute Gasteiger partial charge is 0.491 e. The smallest absolute Gasteiger partial charge is 0.200 e. The van der Waals surface area contributed by atoms with E-state index in [1.807, 2.05) is 0 Å². The summed E-state index contributed by atoms with van der Waals surface area (Å²) < 4.78 is 34.0. The monoisotopic (exact) mass is 550 g/mol. The average molecular weight is 551 g/mol. The molecule has 40 heavy (non-hydrogen) atoms. The molecule has 220 valence electrons. The fraction of sp³-hybridized carbons (Fsp3) is 0.676. The van der Waals surface area contributed by atoms with Crippen LogP contribution in [-0.2, 0) is 12.8 Å². The van der Waals surface area contributed by atoms with Gasteiger partial charge in [-0.2, -0.15) is 4.39 Å². The number of hydrogen-bond donors (Lipinski definition) is 0. The van der Waals surface area contributed by atoms with E-state index < -0.39 is 11.6 Å². The van der Waals surface area contributed by atoms with Gasteiger partial charge in [-0.3, -0.25) is 0 Å². The van der Waals surface area contributed by atoms with Gasteiger partial charge in [-0.1, -0.05) is 62.9 Å². The zero-order chi connectivity index (χ0) is 27.9. The lowest BCUT2D eigenvalue weighted by atomic mass is 9.60. The van der Waals surface area contributed by atoms with Gasteiger partial charge in [-0.15, -0.1) is 0 Å². The maximum absolute atomic E-state index is 14.5. The SMILES string of the molecule is CCCCCc1ccc(C2CCC3CC(C4CCC(CCc5ccc(OCC)c(F)c5F)CC4)CCC3C2)cc1. The molecule has 0 aromatic heterocycles. The van der Waals surface area contributed by atoms with E-state index in [9.17, 15) is 8.78 Å². The first-order chi connectivity index (χ1) is 19.6. The van der Waals surface area contributed by atoms with Gasteiger partial charge in [-0.25, -0.2) is 4.39 Å². The molecule has 3 saturated carbocycles. The lowest BCUT2D eigenvalue weighted by Crippen LogP contribution is -2.34. The number of fused-ring (bicyclic) bond motifs is 1. The summed E-state index contributed by atoms with van der Waals surface area (Å²) in [5.41, 5.74) is 3.60. The van der Waals surface area contributed by atoms with Gasteiger partial charge < -0.3 is 4.74 Å². The van der Waals surface area contributed by atoms with Gasteiger partial charge in [0.2, 0.25) is 5.82 Å². The number of halogens is 2. The number of rotatable bonds is 11. The van der Waals surface area contributed by atoms with E-state index in [-0.39, 0.29) is 5.75 Å². The zero-order valence-electron chi connectivity index (χ0n) is 25.1. The van der Waals surface area contributed by atoms with Crippen LogP contribution in [0.3, 0.4) is 0 Å². The highest BCUT2D eigenvalue weighted by Gasteiger charge is 2.39. The molecule has 0 radical (unpaired) electrons. The molecule has 4 unspecified atom stereocenters. The number of ether oxygens (including phenoxy) is 1. The molecule has 0 saturated heterocycles. The lowest BCUT2D eigenvalue weighted by Gasteiger charge is -2.45. The number of aryl methyl sites for hydroxylation is 2. The van der Waals surface area contributed by atoms with Crippen molar-refractivity contribution in [3.63, 3.8) is 0 Å². The predicted octanol–water partition coefficient (Wildman–Crippen LogP) is 10.8. The minimum absolute atomic E-state index is 0.0271. The first-order valence-corrected chi connectivity index (χ1v) is 16.7. The molecule has 2 aromatic rings. The number of hydrogen-bond acceptors (Lipinski definition) is 1. The Morgan fingerprint density at radius 2 is 1.35 bits per heavy atom. The van der Waals surface area contributed by atoms with Crippen molar-refractivity contribution in [3.05, 3.63) is 64.7 Å². The van der Waals surface area contributed by atoms with Gasteiger partial charge >= 0.3 is 0 Å². The summed E-state index contributed by atoms with van der Waals surface area (Å²) in [6.07, 6.45) is 20.5. The van der Waals surface area contributed by atoms with E-state index in [4.69, 9.17) is 4.74 Å². The maximum atomic E-state index is 14.5. The van der Waals surface area contributed by atoms with Crippen molar-refractivity contribution in [1.29, 1.82) is 0 Å². The van der Waals surface area contributed by atoms with Crippen molar-refractivity contribution in [2.24, 2.45) is 29.6 Å². The maximum Gasteiger partial charge on any atom is 0.200 e. The van der Waals surface area contributed by atoms with E-state index in [0.717, 1.165) is 36.0 Å². The molecule has 3 heteroatoms. The molecule has 0 heterocycles. The Bertz CT molecular complexity index is 1050. The fourth-order valence-electron chi connectivity index (χ4n) is 8.53. The molecule has 0 spiro atoms. The second-order valence-corrected chi connectivity index (χ2v) is 13.4. The second kappa shape index (κ2) is 14.3. The van der Waals surface area contributed by atoms with Crippen molar-refractivity contribution >= 4 is 0 Å². The van der Waals surface area contributed by atoms with Crippen LogP contribution in [0.5, 0.6) is 5.75 Å². The highest BCUT2D eigenvalue weighted by Crippen LogP contribution is 2.51. The molecule has 0 bridgehead atoms. The van der Waals surface area contributed by atoms with Crippen molar-refractivity contribution in [3.8, 4) is 5.75 Å². The second-order valence-electron chi connectivity index (χ2n) is 13.4. The molecule has 2 aromatic carbocycles. The molecular weight excluding hydrogens is 498 g/mol. The molecule has 3 aliphatic rings. The molecule has 5 rings (SSSR count). The summed E-state index contributed by atoms with van der Waals surface area (Å²) in [5.74, 6) is 3.57.